The van der Waals surface area contributed by atoms with Crippen LogP contribution in [0.3, 0.4) is 0 Å². The van der Waals surface area contributed by atoms with Crippen LogP contribution < -0.4 is 10.2 Å². The molecule has 1 N–H and O–H groups in total. The van der Waals surface area contributed by atoms with Crippen LogP contribution in [0.4, 0.5) is 11.4 Å². The summed E-state index contributed by atoms with van der Waals surface area (Å²) in [6.45, 7) is 2.51. The van der Waals surface area contributed by atoms with Crippen molar-refractivity contribution in [3.63, 3.8) is 0 Å². The summed E-state index contributed by atoms with van der Waals surface area (Å²) >= 11 is 0. The van der Waals surface area contributed by atoms with Crippen molar-refractivity contribution in [2.75, 3.05) is 16.8 Å². The van der Waals surface area contributed by atoms with Gasteiger partial charge in [-0.3, -0.25) is 9.59 Å². The molecule has 2 aromatic carbocycles. The molecular weight excluding hydrogens is 276 g/mol. The Labute approximate surface area is 128 Å². The van der Waals surface area contributed by atoms with Gasteiger partial charge in [0.15, 0.2) is 0 Å². The summed E-state index contributed by atoms with van der Waals surface area (Å²) in [5, 5.41) is 3.28. The van der Waals surface area contributed by atoms with Crippen molar-refractivity contribution in [1.82, 2.24) is 0 Å². The van der Waals surface area contributed by atoms with E-state index in [0.29, 0.717) is 12.2 Å². The van der Waals surface area contributed by atoms with Crippen LogP contribution in [-0.4, -0.2) is 18.4 Å². The number of aryl methyl sites for hydroxylation is 1. The number of anilines is 2. The first-order chi connectivity index (χ1) is 10.7. The van der Waals surface area contributed by atoms with E-state index in [2.05, 4.69) is 5.32 Å². The Morgan fingerprint density at radius 3 is 2.59 bits per heavy atom. The van der Waals surface area contributed by atoms with Crippen LogP contribution in [0, 0.1) is 12.8 Å². The van der Waals surface area contributed by atoms with Gasteiger partial charge in [0, 0.05) is 12.2 Å². The van der Waals surface area contributed by atoms with E-state index >= 15 is 0 Å². The molecule has 2 aliphatic heterocycles. The Hall–Kier alpha value is -2.62. The lowest BCUT2D eigenvalue weighted by molar-refractivity contribution is -0.122. The third-order valence-electron chi connectivity index (χ3n) is 4.50. The van der Waals surface area contributed by atoms with E-state index in [9.17, 15) is 9.59 Å². The van der Waals surface area contributed by atoms with E-state index in [1.807, 2.05) is 43.3 Å². The highest BCUT2D eigenvalue weighted by Crippen LogP contribution is 2.43. The summed E-state index contributed by atoms with van der Waals surface area (Å²) in [6, 6.07) is 15.2. The third kappa shape index (κ3) is 1.77. The highest BCUT2D eigenvalue weighted by Gasteiger charge is 2.51. The number of nitrogens with zero attached hydrogens (tertiary/aromatic N) is 1. The number of para-hydroxylation sites is 1. The van der Waals surface area contributed by atoms with Crippen LogP contribution in [-0.2, 0) is 9.59 Å². The zero-order chi connectivity index (χ0) is 15.3. The fourth-order valence-corrected chi connectivity index (χ4v) is 3.44. The molecule has 0 bridgehead atoms. The lowest BCUT2D eigenvalue weighted by Gasteiger charge is -2.26. The largest absolute Gasteiger partial charge is 0.384 e. The molecule has 2 amide bonds. The number of rotatable bonds is 1. The van der Waals surface area contributed by atoms with Crippen molar-refractivity contribution < 1.29 is 9.59 Å². The van der Waals surface area contributed by atoms with Crippen LogP contribution in [0.25, 0.3) is 0 Å². The Bertz CT molecular complexity index is 770. The minimum Gasteiger partial charge on any atom is -0.384 e. The van der Waals surface area contributed by atoms with E-state index in [1.165, 1.54) is 4.90 Å². The van der Waals surface area contributed by atoms with Crippen LogP contribution in [0.5, 0.6) is 0 Å². The fourth-order valence-electron chi connectivity index (χ4n) is 3.44. The lowest BCUT2D eigenvalue weighted by Crippen LogP contribution is -2.32. The van der Waals surface area contributed by atoms with Gasteiger partial charge in [0.05, 0.1) is 17.5 Å². The minimum absolute atomic E-state index is 0.110. The predicted molar refractivity (Wildman–Crippen MR) is 84.8 cm³/mol. The summed E-state index contributed by atoms with van der Waals surface area (Å²) < 4.78 is 0. The molecule has 1 fully saturated rings. The SMILES string of the molecule is Cc1ccc2c(c1)[C@H]1C(=O)N(c3ccccc3)C(=O)[C@H]1CN2. The molecular formula is C18H16N2O2. The molecule has 0 aromatic heterocycles. The number of imide groups is 1. The van der Waals surface area contributed by atoms with Crippen molar-refractivity contribution >= 4 is 23.2 Å². The van der Waals surface area contributed by atoms with Gasteiger partial charge < -0.3 is 5.32 Å². The van der Waals surface area contributed by atoms with Crippen molar-refractivity contribution in [3.05, 3.63) is 59.7 Å². The number of amides is 2. The normalized spacial score (nSPS) is 23.0. The van der Waals surface area contributed by atoms with Gasteiger partial charge in [-0.2, -0.15) is 0 Å². The van der Waals surface area contributed by atoms with Crippen LogP contribution in [0.2, 0.25) is 0 Å². The lowest BCUT2D eigenvalue weighted by atomic mass is 9.83. The molecule has 4 rings (SSSR count). The molecule has 1 saturated heterocycles. The topological polar surface area (TPSA) is 49.4 Å². The van der Waals surface area contributed by atoms with Crippen LogP contribution in [0.15, 0.2) is 48.5 Å². The predicted octanol–water partition coefficient (Wildman–Crippen LogP) is 2.69. The molecule has 4 heteroatoms. The number of hydrogen-bond donors (Lipinski definition) is 1. The van der Waals surface area contributed by atoms with Gasteiger partial charge in [0.1, 0.15) is 0 Å². The molecule has 2 heterocycles. The second-order valence-corrected chi connectivity index (χ2v) is 5.90. The summed E-state index contributed by atoms with van der Waals surface area (Å²) in [4.78, 5) is 27.0. The Morgan fingerprint density at radius 2 is 1.82 bits per heavy atom. The van der Waals surface area contributed by atoms with Crippen molar-refractivity contribution in [1.29, 1.82) is 0 Å². The second kappa shape index (κ2) is 4.70. The quantitative estimate of drug-likeness (QED) is 0.822. The Balaban J connectivity index is 1.81. The average molecular weight is 292 g/mol. The van der Waals surface area contributed by atoms with E-state index < -0.39 is 0 Å². The molecule has 2 aliphatic rings. The molecule has 2 atom stereocenters. The highest BCUT2D eigenvalue weighted by molar-refractivity contribution is 6.24. The molecule has 0 unspecified atom stereocenters. The molecule has 0 aliphatic carbocycles. The van der Waals surface area contributed by atoms with Crippen molar-refractivity contribution in [3.8, 4) is 0 Å². The number of carbonyl (C=O) groups is 2. The van der Waals surface area contributed by atoms with Gasteiger partial charge in [-0.1, -0.05) is 35.9 Å². The number of benzene rings is 2. The molecule has 2 aromatic rings. The maximum atomic E-state index is 12.9. The summed E-state index contributed by atoms with van der Waals surface area (Å²) in [5.74, 6) is -0.915. The standard InChI is InChI=1S/C18H16N2O2/c1-11-7-8-15-13(9-11)16-14(10-19-15)17(21)20(18(16)22)12-5-3-2-4-6-12/h2-9,14,16,19H,10H2,1H3/t14-,16+/m0/s1. The highest BCUT2D eigenvalue weighted by atomic mass is 16.2. The van der Waals surface area contributed by atoms with Gasteiger partial charge in [0.2, 0.25) is 11.8 Å². The first kappa shape index (κ1) is 13.1. The average Bonchev–Trinajstić information content (AvgIpc) is 2.79. The van der Waals surface area contributed by atoms with Gasteiger partial charge in [-0.25, -0.2) is 4.90 Å². The van der Waals surface area contributed by atoms with E-state index in [1.54, 1.807) is 12.1 Å². The first-order valence-corrected chi connectivity index (χ1v) is 7.44. The van der Waals surface area contributed by atoms with Gasteiger partial charge in [-0.15, -0.1) is 0 Å². The number of carbonyl (C=O) groups excluding carboxylic acids is 2. The zero-order valence-corrected chi connectivity index (χ0v) is 12.2. The van der Waals surface area contributed by atoms with Crippen molar-refractivity contribution in [2.45, 2.75) is 12.8 Å². The molecule has 22 heavy (non-hydrogen) atoms. The number of hydrogen-bond acceptors (Lipinski definition) is 3. The third-order valence-corrected chi connectivity index (χ3v) is 4.50. The molecule has 4 nitrogen and oxygen atoms in total. The summed E-state index contributed by atoms with van der Waals surface area (Å²) in [5.41, 5.74) is 3.65. The Morgan fingerprint density at radius 1 is 1.05 bits per heavy atom. The zero-order valence-electron chi connectivity index (χ0n) is 12.2. The second-order valence-electron chi connectivity index (χ2n) is 5.90. The molecule has 0 saturated carbocycles. The monoisotopic (exact) mass is 292 g/mol. The van der Waals surface area contributed by atoms with Gasteiger partial charge in [0.25, 0.3) is 0 Å². The van der Waals surface area contributed by atoms with E-state index in [4.69, 9.17) is 0 Å². The summed E-state index contributed by atoms with van der Waals surface area (Å²) in [6.07, 6.45) is 0. The van der Waals surface area contributed by atoms with E-state index in [-0.39, 0.29) is 23.7 Å². The van der Waals surface area contributed by atoms with E-state index in [0.717, 1.165) is 16.8 Å². The van der Waals surface area contributed by atoms with Crippen LogP contribution in [0.1, 0.15) is 17.0 Å². The summed E-state index contributed by atoms with van der Waals surface area (Å²) in [7, 11) is 0. The maximum Gasteiger partial charge on any atom is 0.242 e. The molecule has 110 valence electrons. The minimum atomic E-state index is -0.371. The Kier molecular flexibility index (Phi) is 2.79. The molecule has 0 radical (unpaired) electrons. The van der Waals surface area contributed by atoms with Gasteiger partial charge in [-0.05, 0) is 30.7 Å². The molecule has 0 spiro atoms. The number of fused-ring (bicyclic) bond motifs is 3. The fraction of sp³-hybridized carbons (Fsp3) is 0.222. The van der Waals surface area contributed by atoms with Gasteiger partial charge >= 0.3 is 0 Å². The number of nitrogens with one attached hydrogen (secondary N) is 1. The smallest absolute Gasteiger partial charge is 0.242 e. The van der Waals surface area contributed by atoms with Crippen LogP contribution >= 0.6 is 0 Å². The first-order valence-electron chi connectivity index (χ1n) is 7.44. The van der Waals surface area contributed by atoms with Crippen molar-refractivity contribution in [2.24, 2.45) is 5.92 Å². The maximum absolute atomic E-state index is 12.9.